The number of hydrogen-bond donors (Lipinski definition) is 0. The number of allylic oxidation sites excluding steroid dienone is 4. The summed E-state index contributed by atoms with van der Waals surface area (Å²) in [4.78, 5) is 0. The SMILES string of the molecule is Cc1cc(C2=C(c3ccc(CS(=O)(=O)Cc4ccc(C5=C(c6ccc(OC(F)(F)F)c(C)c6)CCC5)cc4F)c(F)c3)CCC2)ccc1OC(F)(F)F. The molecule has 13 heteroatoms. The molecule has 0 atom stereocenters. The molecular formula is C40H34F8O4S. The normalized spacial score (nSPS) is 15.4. The summed E-state index contributed by atoms with van der Waals surface area (Å²) in [6.45, 7) is 3.01. The summed E-state index contributed by atoms with van der Waals surface area (Å²) in [5, 5.41) is 0. The monoisotopic (exact) mass is 762 g/mol. The highest BCUT2D eigenvalue weighted by atomic mass is 32.2. The lowest BCUT2D eigenvalue weighted by Crippen LogP contribution is -2.17. The first-order valence-corrected chi connectivity index (χ1v) is 18.6. The van der Waals surface area contributed by atoms with Gasteiger partial charge in [0, 0.05) is 11.1 Å². The molecule has 53 heavy (non-hydrogen) atoms. The summed E-state index contributed by atoms with van der Waals surface area (Å²) in [5.41, 5.74) is 6.19. The average Bonchev–Trinajstić information content (AvgIpc) is 3.75. The highest BCUT2D eigenvalue weighted by Crippen LogP contribution is 2.43. The third-order valence-electron chi connectivity index (χ3n) is 9.49. The molecule has 280 valence electrons. The Hall–Kier alpha value is -4.65. The average molecular weight is 763 g/mol. The Morgan fingerprint density at radius 2 is 0.849 bits per heavy atom. The predicted octanol–water partition coefficient (Wildman–Crippen LogP) is 11.7. The van der Waals surface area contributed by atoms with Crippen molar-refractivity contribution >= 4 is 32.1 Å². The second kappa shape index (κ2) is 14.6. The van der Waals surface area contributed by atoms with E-state index >= 15 is 8.78 Å². The molecule has 0 aliphatic heterocycles. The summed E-state index contributed by atoms with van der Waals surface area (Å²) in [6.07, 6.45) is -5.70. The molecule has 0 saturated carbocycles. The van der Waals surface area contributed by atoms with E-state index < -0.39 is 45.7 Å². The number of alkyl halides is 6. The minimum Gasteiger partial charge on any atom is -0.406 e. The third-order valence-corrected chi connectivity index (χ3v) is 11.0. The Balaban J connectivity index is 1.17. The summed E-state index contributed by atoms with van der Waals surface area (Å²) in [5.74, 6) is -3.46. The van der Waals surface area contributed by atoms with Gasteiger partial charge in [-0.15, -0.1) is 26.3 Å². The standard InChI is InChI=1S/C40H34F8O4S/c1-23-17-25(13-15-37(23)51-39(43,44)45)31-5-3-7-33(31)27-9-11-29(35(41)19-27)21-53(49,50)22-30-12-10-28(20-36(30)42)34-8-4-6-32(34)26-14-16-38(24(2)18-26)52-40(46,47)48/h9-20H,3-8,21-22H2,1-2H3. The molecule has 0 spiro atoms. The molecule has 4 aromatic rings. The maximum Gasteiger partial charge on any atom is 0.573 e. The van der Waals surface area contributed by atoms with Gasteiger partial charge >= 0.3 is 12.7 Å². The smallest absolute Gasteiger partial charge is 0.406 e. The van der Waals surface area contributed by atoms with Gasteiger partial charge in [-0.3, -0.25) is 0 Å². The minimum absolute atomic E-state index is 0.0851. The van der Waals surface area contributed by atoms with Crippen molar-refractivity contribution in [3.8, 4) is 11.5 Å². The van der Waals surface area contributed by atoms with Gasteiger partial charge in [-0.2, -0.15) is 0 Å². The molecule has 0 radical (unpaired) electrons. The van der Waals surface area contributed by atoms with E-state index in [-0.39, 0.29) is 22.6 Å². The van der Waals surface area contributed by atoms with Gasteiger partial charge in [-0.05, 0) is 144 Å². The van der Waals surface area contributed by atoms with Crippen molar-refractivity contribution in [3.63, 3.8) is 0 Å². The van der Waals surface area contributed by atoms with Crippen LogP contribution >= 0.6 is 0 Å². The first-order chi connectivity index (χ1) is 24.9. The van der Waals surface area contributed by atoms with Gasteiger partial charge in [0.1, 0.15) is 23.1 Å². The van der Waals surface area contributed by atoms with Gasteiger partial charge in [0.25, 0.3) is 0 Å². The van der Waals surface area contributed by atoms with Crippen LogP contribution in [-0.2, 0) is 21.3 Å². The van der Waals surface area contributed by atoms with E-state index in [9.17, 15) is 34.8 Å². The fourth-order valence-corrected chi connectivity index (χ4v) is 8.66. The number of hydrogen-bond acceptors (Lipinski definition) is 4. The van der Waals surface area contributed by atoms with Gasteiger partial charge in [0.05, 0.1) is 11.5 Å². The Morgan fingerprint density at radius 1 is 0.528 bits per heavy atom. The molecule has 6 rings (SSSR count). The first kappa shape index (κ1) is 38.1. The van der Waals surface area contributed by atoms with Crippen LogP contribution in [0.5, 0.6) is 11.5 Å². The summed E-state index contributed by atoms with van der Waals surface area (Å²) in [6, 6.07) is 17.2. The van der Waals surface area contributed by atoms with E-state index in [1.807, 2.05) is 0 Å². The number of rotatable bonds is 10. The van der Waals surface area contributed by atoms with Crippen LogP contribution in [-0.4, -0.2) is 21.1 Å². The second-order valence-corrected chi connectivity index (χ2v) is 15.4. The van der Waals surface area contributed by atoms with Crippen LogP contribution < -0.4 is 9.47 Å². The fourth-order valence-electron chi connectivity index (χ4n) is 7.14. The van der Waals surface area contributed by atoms with E-state index in [1.165, 1.54) is 62.4 Å². The molecule has 2 aliphatic carbocycles. The van der Waals surface area contributed by atoms with Crippen molar-refractivity contribution in [3.05, 3.63) is 129 Å². The molecule has 0 N–H and O–H groups in total. The zero-order valence-electron chi connectivity index (χ0n) is 28.7. The van der Waals surface area contributed by atoms with E-state index in [2.05, 4.69) is 9.47 Å². The zero-order valence-corrected chi connectivity index (χ0v) is 29.5. The number of halogens is 8. The summed E-state index contributed by atoms with van der Waals surface area (Å²) in [7, 11) is -4.04. The zero-order chi connectivity index (χ0) is 38.3. The molecule has 0 heterocycles. The van der Waals surface area contributed by atoms with Gasteiger partial charge in [0.15, 0.2) is 9.84 Å². The van der Waals surface area contributed by atoms with Crippen LogP contribution in [0.3, 0.4) is 0 Å². The Bertz CT molecular complexity index is 2080. The molecule has 4 aromatic carbocycles. The highest BCUT2D eigenvalue weighted by molar-refractivity contribution is 7.89. The Kier molecular flexibility index (Phi) is 10.5. The van der Waals surface area contributed by atoms with Crippen molar-refractivity contribution in [2.75, 3.05) is 0 Å². The molecule has 0 amide bonds. The Labute approximate surface area is 301 Å². The molecule has 0 aromatic heterocycles. The van der Waals surface area contributed by atoms with Crippen LogP contribution in [0.15, 0.2) is 72.8 Å². The largest absolute Gasteiger partial charge is 0.573 e. The van der Waals surface area contributed by atoms with Gasteiger partial charge in [-0.25, -0.2) is 17.2 Å². The molecule has 2 aliphatic rings. The molecule has 4 nitrogen and oxygen atoms in total. The molecule has 0 unspecified atom stereocenters. The first-order valence-electron chi connectivity index (χ1n) is 16.8. The predicted molar refractivity (Wildman–Crippen MR) is 186 cm³/mol. The number of aryl methyl sites for hydroxylation is 2. The van der Waals surface area contributed by atoms with Gasteiger partial charge < -0.3 is 9.47 Å². The van der Waals surface area contributed by atoms with E-state index in [1.54, 1.807) is 24.3 Å². The molecule has 0 bridgehead atoms. The minimum atomic E-state index is -4.83. The summed E-state index contributed by atoms with van der Waals surface area (Å²) < 4.78 is 142. The molecular weight excluding hydrogens is 728 g/mol. The number of benzene rings is 4. The second-order valence-electron chi connectivity index (χ2n) is 13.3. The number of ether oxygens (including phenoxy) is 2. The quantitative estimate of drug-likeness (QED) is 0.151. The lowest BCUT2D eigenvalue weighted by atomic mass is 9.95. The molecule has 0 fully saturated rings. The van der Waals surface area contributed by atoms with Crippen LogP contribution in [0.2, 0.25) is 0 Å². The Morgan fingerprint density at radius 3 is 1.15 bits per heavy atom. The topological polar surface area (TPSA) is 52.6 Å². The lowest BCUT2D eigenvalue weighted by Gasteiger charge is -2.15. The highest BCUT2D eigenvalue weighted by Gasteiger charge is 2.33. The summed E-state index contributed by atoms with van der Waals surface area (Å²) >= 11 is 0. The van der Waals surface area contributed by atoms with Crippen molar-refractivity contribution in [2.24, 2.45) is 0 Å². The van der Waals surface area contributed by atoms with Gasteiger partial charge in [-0.1, -0.05) is 36.4 Å². The van der Waals surface area contributed by atoms with Crippen molar-refractivity contribution in [1.29, 1.82) is 0 Å². The lowest BCUT2D eigenvalue weighted by molar-refractivity contribution is -0.275. The number of sulfone groups is 1. The van der Waals surface area contributed by atoms with E-state index in [0.29, 0.717) is 59.1 Å². The van der Waals surface area contributed by atoms with Crippen LogP contribution in [0, 0.1) is 25.5 Å². The molecule has 0 saturated heterocycles. The van der Waals surface area contributed by atoms with Crippen molar-refractivity contribution in [1.82, 2.24) is 0 Å². The fraction of sp³-hybridized carbons (Fsp3) is 0.300. The maximum atomic E-state index is 15.4. The van der Waals surface area contributed by atoms with E-state index in [4.69, 9.17) is 0 Å². The van der Waals surface area contributed by atoms with Crippen LogP contribution in [0.1, 0.15) is 83.0 Å². The third kappa shape index (κ3) is 9.12. The van der Waals surface area contributed by atoms with Crippen LogP contribution in [0.25, 0.3) is 22.3 Å². The van der Waals surface area contributed by atoms with Crippen molar-refractivity contribution < 1.29 is 53.0 Å². The van der Waals surface area contributed by atoms with Crippen molar-refractivity contribution in [2.45, 2.75) is 76.6 Å². The van der Waals surface area contributed by atoms with Crippen LogP contribution in [0.4, 0.5) is 35.1 Å². The maximum absolute atomic E-state index is 15.4. The van der Waals surface area contributed by atoms with E-state index in [0.717, 1.165) is 35.1 Å². The van der Waals surface area contributed by atoms with Gasteiger partial charge in [0.2, 0.25) is 0 Å².